The molecule has 0 aromatic heterocycles. The van der Waals surface area contributed by atoms with Crippen LogP contribution in [0.3, 0.4) is 0 Å². The van der Waals surface area contributed by atoms with Gasteiger partial charge in [-0.05, 0) is 47.5 Å². The molecule has 0 aliphatic carbocycles. The van der Waals surface area contributed by atoms with E-state index in [-0.39, 0.29) is 25.0 Å². The van der Waals surface area contributed by atoms with Gasteiger partial charge in [-0.15, -0.1) is 0 Å². The lowest BCUT2D eigenvalue weighted by Crippen LogP contribution is -2.35. The second-order valence-electron chi connectivity index (χ2n) is 6.33. The molecule has 0 atom stereocenters. The Morgan fingerprint density at radius 2 is 1.71 bits per heavy atom. The van der Waals surface area contributed by atoms with Crippen LogP contribution < -0.4 is 20.1 Å². The van der Waals surface area contributed by atoms with Gasteiger partial charge in [0.1, 0.15) is 11.5 Å². The number of carbonyl (C=O) groups is 2. The number of carbonyl (C=O) groups excluding carboxylic acids is 2. The van der Waals surface area contributed by atoms with Gasteiger partial charge in [0.15, 0.2) is 6.61 Å². The third-order valence-corrected chi connectivity index (χ3v) is 4.17. The molecule has 3 aromatic rings. The number of amides is 2. The first-order valence-electron chi connectivity index (χ1n) is 8.88. The third-order valence-electron chi connectivity index (χ3n) is 4.17. The molecule has 0 saturated heterocycles. The third kappa shape index (κ3) is 5.01. The minimum absolute atomic E-state index is 0.156. The number of hydrogen-bond donors (Lipinski definition) is 2. The molecule has 0 spiro atoms. The number of benzene rings is 3. The average molecular weight is 378 g/mol. The number of hydrogen-bond acceptors (Lipinski definition) is 4. The molecule has 0 heterocycles. The van der Waals surface area contributed by atoms with Crippen LogP contribution in [-0.2, 0) is 9.59 Å². The Hall–Kier alpha value is -3.54. The number of methoxy groups -OCH3 is 1. The number of ether oxygens (including phenoxy) is 2. The molecule has 3 aromatic carbocycles. The molecule has 0 fully saturated rings. The van der Waals surface area contributed by atoms with Crippen molar-refractivity contribution in [1.29, 1.82) is 0 Å². The normalized spacial score (nSPS) is 10.4. The minimum atomic E-state index is -0.375. The van der Waals surface area contributed by atoms with Crippen molar-refractivity contribution < 1.29 is 19.1 Å². The van der Waals surface area contributed by atoms with Gasteiger partial charge < -0.3 is 20.1 Å². The summed E-state index contributed by atoms with van der Waals surface area (Å²) >= 11 is 0. The summed E-state index contributed by atoms with van der Waals surface area (Å²) in [4.78, 5) is 24.1. The number of nitrogens with one attached hydrogen (secondary N) is 2. The SMILES string of the molecule is COc1ccc(C)cc1NC(=O)CNC(=O)COc1ccc2ccccc2c1. The number of fused-ring (bicyclic) bond motifs is 1. The van der Waals surface area contributed by atoms with Crippen LogP contribution in [0.1, 0.15) is 5.56 Å². The fourth-order valence-electron chi connectivity index (χ4n) is 2.75. The maximum atomic E-state index is 12.1. The summed E-state index contributed by atoms with van der Waals surface area (Å²) in [5.74, 6) is 0.440. The Balaban J connectivity index is 1.48. The summed E-state index contributed by atoms with van der Waals surface area (Å²) in [6.07, 6.45) is 0. The monoisotopic (exact) mass is 378 g/mol. The maximum Gasteiger partial charge on any atom is 0.258 e. The topological polar surface area (TPSA) is 76.7 Å². The number of aryl methyl sites for hydroxylation is 1. The Morgan fingerprint density at radius 3 is 2.50 bits per heavy atom. The standard InChI is InChI=1S/C22H22N2O4/c1-15-7-10-20(27-2)19(11-15)24-21(25)13-23-22(26)14-28-18-9-8-16-5-3-4-6-17(16)12-18/h3-12H,13-14H2,1-2H3,(H,23,26)(H,24,25). The number of anilines is 1. The molecule has 0 aliphatic heterocycles. The van der Waals surface area contributed by atoms with Crippen LogP contribution in [-0.4, -0.2) is 32.1 Å². The van der Waals surface area contributed by atoms with Crippen LogP contribution in [0.25, 0.3) is 10.8 Å². The van der Waals surface area contributed by atoms with Crippen LogP contribution in [0, 0.1) is 6.92 Å². The van der Waals surface area contributed by atoms with Crippen molar-refractivity contribution in [3.8, 4) is 11.5 Å². The van der Waals surface area contributed by atoms with Crippen LogP contribution in [0.4, 0.5) is 5.69 Å². The first kappa shape index (κ1) is 19.2. The van der Waals surface area contributed by atoms with E-state index >= 15 is 0 Å². The predicted octanol–water partition coefficient (Wildman–Crippen LogP) is 3.29. The average Bonchev–Trinajstić information content (AvgIpc) is 2.70. The Labute approximate surface area is 163 Å². The molecule has 0 unspecified atom stereocenters. The van der Waals surface area contributed by atoms with Gasteiger partial charge in [0.2, 0.25) is 5.91 Å². The molecule has 144 valence electrons. The van der Waals surface area contributed by atoms with Gasteiger partial charge in [-0.25, -0.2) is 0 Å². The van der Waals surface area contributed by atoms with Crippen LogP contribution in [0.2, 0.25) is 0 Å². The van der Waals surface area contributed by atoms with Crippen LogP contribution >= 0.6 is 0 Å². The van der Waals surface area contributed by atoms with Crippen molar-refractivity contribution in [2.24, 2.45) is 0 Å². The van der Waals surface area contributed by atoms with E-state index in [0.717, 1.165) is 16.3 Å². The Kier molecular flexibility index (Phi) is 6.11. The molecule has 6 heteroatoms. The van der Waals surface area contributed by atoms with Crippen LogP contribution in [0.5, 0.6) is 11.5 Å². The first-order valence-corrected chi connectivity index (χ1v) is 8.88. The van der Waals surface area contributed by atoms with E-state index in [1.54, 1.807) is 12.1 Å². The second kappa shape index (κ2) is 8.90. The zero-order chi connectivity index (χ0) is 19.9. The fourth-order valence-corrected chi connectivity index (χ4v) is 2.75. The molecule has 2 amide bonds. The molecular weight excluding hydrogens is 356 g/mol. The van der Waals surface area contributed by atoms with Crippen molar-refractivity contribution >= 4 is 28.3 Å². The second-order valence-corrected chi connectivity index (χ2v) is 6.33. The van der Waals surface area contributed by atoms with E-state index in [2.05, 4.69) is 10.6 Å². The van der Waals surface area contributed by atoms with E-state index in [1.165, 1.54) is 7.11 Å². The molecule has 3 rings (SSSR count). The highest BCUT2D eigenvalue weighted by atomic mass is 16.5. The lowest BCUT2D eigenvalue weighted by molar-refractivity contribution is -0.125. The number of rotatable bonds is 7. The predicted molar refractivity (Wildman–Crippen MR) is 109 cm³/mol. The summed E-state index contributed by atoms with van der Waals surface area (Å²) < 4.78 is 10.7. The van der Waals surface area contributed by atoms with E-state index in [0.29, 0.717) is 17.2 Å². The zero-order valence-electron chi connectivity index (χ0n) is 15.8. The highest BCUT2D eigenvalue weighted by Gasteiger charge is 2.10. The van der Waals surface area contributed by atoms with Gasteiger partial charge >= 0.3 is 0 Å². The molecule has 0 radical (unpaired) electrons. The van der Waals surface area contributed by atoms with Crippen molar-refractivity contribution in [3.05, 3.63) is 66.2 Å². The minimum Gasteiger partial charge on any atom is -0.495 e. The van der Waals surface area contributed by atoms with Crippen molar-refractivity contribution in [1.82, 2.24) is 5.32 Å². The fraction of sp³-hybridized carbons (Fsp3) is 0.182. The maximum absolute atomic E-state index is 12.1. The molecule has 6 nitrogen and oxygen atoms in total. The summed E-state index contributed by atoms with van der Waals surface area (Å²) in [6, 6.07) is 19.0. The lowest BCUT2D eigenvalue weighted by atomic mass is 10.1. The molecule has 28 heavy (non-hydrogen) atoms. The largest absolute Gasteiger partial charge is 0.495 e. The molecule has 0 bridgehead atoms. The quantitative estimate of drug-likeness (QED) is 0.661. The van der Waals surface area contributed by atoms with E-state index in [9.17, 15) is 9.59 Å². The highest BCUT2D eigenvalue weighted by molar-refractivity contribution is 5.96. The van der Waals surface area contributed by atoms with E-state index < -0.39 is 0 Å². The van der Waals surface area contributed by atoms with E-state index in [4.69, 9.17) is 9.47 Å². The first-order chi connectivity index (χ1) is 13.5. The Morgan fingerprint density at radius 1 is 0.929 bits per heavy atom. The van der Waals surface area contributed by atoms with Gasteiger partial charge in [-0.2, -0.15) is 0 Å². The highest BCUT2D eigenvalue weighted by Crippen LogP contribution is 2.25. The van der Waals surface area contributed by atoms with Crippen molar-refractivity contribution in [2.45, 2.75) is 6.92 Å². The smallest absolute Gasteiger partial charge is 0.258 e. The Bertz CT molecular complexity index is 1000. The summed E-state index contributed by atoms with van der Waals surface area (Å²) in [6.45, 7) is 1.59. The van der Waals surface area contributed by atoms with Gasteiger partial charge in [0.05, 0.1) is 19.3 Å². The zero-order valence-corrected chi connectivity index (χ0v) is 15.8. The van der Waals surface area contributed by atoms with Gasteiger partial charge in [-0.1, -0.05) is 36.4 Å². The summed E-state index contributed by atoms with van der Waals surface area (Å²) in [5, 5.41) is 7.41. The van der Waals surface area contributed by atoms with Gasteiger partial charge in [0, 0.05) is 0 Å². The van der Waals surface area contributed by atoms with Gasteiger partial charge in [-0.3, -0.25) is 9.59 Å². The molecule has 2 N–H and O–H groups in total. The summed E-state index contributed by atoms with van der Waals surface area (Å²) in [7, 11) is 1.53. The van der Waals surface area contributed by atoms with Gasteiger partial charge in [0.25, 0.3) is 5.91 Å². The molecular formula is C22H22N2O4. The van der Waals surface area contributed by atoms with Crippen molar-refractivity contribution in [2.75, 3.05) is 25.6 Å². The molecule has 0 saturated carbocycles. The van der Waals surface area contributed by atoms with Crippen molar-refractivity contribution in [3.63, 3.8) is 0 Å². The lowest BCUT2D eigenvalue weighted by Gasteiger charge is -2.12. The molecule has 0 aliphatic rings. The van der Waals surface area contributed by atoms with Crippen LogP contribution in [0.15, 0.2) is 60.7 Å². The van der Waals surface area contributed by atoms with E-state index in [1.807, 2.05) is 55.5 Å². The summed E-state index contributed by atoms with van der Waals surface area (Å²) in [5.41, 5.74) is 1.55.